The van der Waals surface area contributed by atoms with E-state index in [0.717, 1.165) is 18.4 Å². The fourth-order valence-electron chi connectivity index (χ4n) is 3.76. The van der Waals surface area contributed by atoms with E-state index in [0.29, 0.717) is 30.4 Å². The zero-order chi connectivity index (χ0) is 21.8. The van der Waals surface area contributed by atoms with Gasteiger partial charge in [-0.25, -0.2) is 9.37 Å². The van der Waals surface area contributed by atoms with Crippen LogP contribution >= 0.6 is 0 Å². The summed E-state index contributed by atoms with van der Waals surface area (Å²) in [5, 5.41) is 0. The van der Waals surface area contributed by atoms with Gasteiger partial charge in [0.15, 0.2) is 6.61 Å². The fraction of sp³-hybridized carbons (Fsp3) is 0.261. The fourth-order valence-corrected chi connectivity index (χ4v) is 3.76. The van der Waals surface area contributed by atoms with E-state index < -0.39 is 5.91 Å². The van der Waals surface area contributed by atoms with Gasteiger partial charge < -0.3 is 20.4 Å². The van der Waals surface area contributed by atoms with Gasteiger partial charge in [-0.05, 0) is 37.1 Å². The summed E-state index contributed by atoms with van der Waals surface area (Å²) in [6.07, 6.45) is 1.64. The average Bonchev–Trinajstić information content (AvgIpc) is 3.25. The first kappa shape index (κ1) is 20.6. The first-order chi connectivity index (χ1) is 15.0. The molecule has 1 fully saturated rings. The van der Waals surface area contributed by atoms with Gasteiger partial charge in [0.1, 0.15) is 28.8 Å². The van der Waals surface area contributed by atoms with Crippen LogP contribution in [-0.2, 0) is 4.79 Å². The predicted octanol–water partition coefficient (Wildman–Crippen LogP) is 3.10. The van der Waals surface area contributed by atoms with E-state index in [-0.39, 0.29) is 29.9 Å². The molecule has 160 valence electrons. The van der Waals surface area contributed by atoms with Crippen molar-refractivity contribution in [3.8, 4) is 17.0 Å². The molecule has 1 aliphatic heterocycles. The van der Waals surface area contributed by atoms with E-state index in [9.17, 15) is 14.0 Å². The van der Waals surface area contributed by atoms with Gasteiger partial charge in [-0.15, -0.1) is 0 Å². The lowest BCUT2D eigenvalue weighted by Crippen LogP contribution is -2.41. The third kappa shape index (κ3) is 4.74. The number of aromatic amines is 1. The minimum absolute atomic E-state index is 0.0425. The quantitative estimate of drug-likeness (QED) is 0.637. The molecule has 1 aromatic heterocycles. The molecule has 4 rings (SSSR count). The highest BCUT2D eigenvalue weighted by Crippen LogP contribution is 2.29. The van der Waals surface area contributed by atoms with Gasteiger partial charge in [0.25, 0.3) is 11.8 Å². The number of nitrogens with one attached hydrogen (secondary N) is 1. The number of nitrogens with two attached hydrogens (primary N) is 1. The number of H-pyrrole nitrogens is 1. The standard InChI is InChI=1S/C23H23FN4O3/c24-17-8-10-18(11-9-17)31-14-19(29)28-12-4-7-16(13-28)23-26-20(21(27-23)22(25)30)15-5-2-1-3-6-15/h1-3,5-6,8-11,16H,4,7,12-14H2,(H2,25,30)(H,26,27). The number of amides is 2. The minimum Gasteiger partial charge on any atom is -0.484 e. The summed E-state index contributed by atoms with van der Waals surface area (Å²) in [7, 11) is 0. The first-order valence-corrected chi connectivity index (χ1v) is 10.1. The lowest BCUT2D eigenvalue weighted by atomic mass is 9.97. The Morgan fingerprint density at radius 1 is 1.16 bits per heavy atom. The molecule has 3 N–H and O–H groups in total. The molecule has 0 saturated carbocycles. The highest BCUT2D eigenvalue weighted by molar-refractivity contribution is 5.97. The molecule has 3 aromatic rings. The van der Waals surface area contributed by atoms with E-state index in [1.807, 2.05) is 30.3 Å². The zero-order valence-corrected chi connectivity index (χ0v) is 16.9. The normalized spacial score (nSPS) is 16.2. The SMILES string of the molecule is NC(=O)c1[nH]c(C2CCCN(C(=O)COc3ccc(F)cc3)C2)nc1-c1ccccc1. The Hall–Kier alpha value is -3.68. The minimum atomic E-state index is -0.575. The number of piperidine rings is 1. The molecule has 1 saturated heterocycles. The van der Waals surface area contributed by atoms with Crippen molar-refractivity contribution in [1.29, 1.82) is 0 Å². The maximum Gasteiger partial charge on any atom is 0.267 e. The lowest BCUT2D eigenvalue weighted by molar-refractivity contribution is -0.134. The summed E-state index contributed by atoms with van der Waals surface area (Å²) in [5.41, 5.74) is 7.15. The molecule has 2 heterocycles. The second kappa shape index (κ2) is 8.99. The van der Waals surface area contributed by atoms with E-state index >= 15 is 0 Å². The van der Waals surface area contributed by atoms with Gasteiger partial charge in [-0.2, -0.15) is 0 Å². The maximum absolute atomic E-state index is 13.0. The van der Waals surface area contributed by atoms with Crippen molar-refractivity contribution in [1.82, 2.24) is 14.9 Å². The molecule has 2 amide bonds. The van der Waals surface area contributed by atoms with Crippen LogP contribution < -0.4 is 10.5 Å². The summed E-state index contributed by atoms with van der Waals surface area (Å²) in [6.45, 7) is 0.959. The molecule has 0 radical (unpaired) electrons. The third-order valence-corrected chi connectivity index (χ3v) is 5.35. The number of carbonyl (C=O) groups excluding carboxylic acids is 2. The molecule has 7 nitrogen and oxygen atoms in total. The number of rotatable bonds is 6. The molecule has 0 aliphatic carbocycles. The van der Waals surface area contributed by atoms with Gasteiger partial charge in [0, 0.05) is 24.6 Å². The molecule has 2 aromatic carbocycles. The Bertz CT molecular complexity index is 1070. The lowest BCUT2D eigenvalue weighted by Gasteiger charge is -2.31. The molecule has 8 heteroatoms. The number of nitrogens with zero attached hydrogens (tertiary/aromatic N) is 2. The topological polar surface area (TPSA) is 101 Å². The summed E-state index contributed by atoms with van der Waals surface area (Å²) in [6, 6.07) is 14.9. The number of imidazole rings is 1. The van der Waals surface area contributed by atoms with Crippen molar-refractivity contribution in [2.24, 2.45) is 5.73 Å². The van der Waals surface area contributed by atoms with Crippen LogP contribution in [0.25, 0.3) is 11.3 Å². The monoisotopic (exact) mass is 422 g/mol. The summed E-state index contributed by atoms with van der Waals surface area (Å²) >= 11 is 0. The Morgan fingerprint density at radius 2 is 1.90 bits per heavy atom. The van der Waals surface area contributed by atoms with E-state index in [1.54, 1.807) is 4.90 Å². The zero-order valence-electron chi connectivity index (χ0n) is 16.9. The Balaban J connectivity index is 1.46. The van der Waals surface area contributed by atoms with Crippen LogP contribution in [0, 0.1) is 5.82 Å². The molecule has 1 atom stereocenters. The van der Waals surface area contributed by atoms with Crippen LogP contribution in [0.15, 0.2) is 54.6 Å². The third-order valence-electron chi connectivity index (χ3n) is 5.35. The second-order valence-electron chi connectivity index (χ2n) is 7.50. The van der Waals surface area contributed by atoms with Gasteiger partial charge in [0.05, 0.1) is 0 Å². The second-order valence-corrected chi connectivity index (χ2v) is 7.50. The number of carbonyl (C=O) groups is 2. The van der Waals surface area contributed by atoms with Crippen LogP contribution in [0.4, 0.5) is 4.39 Å². The summed E-state index contributed by atoms with van der Waals surface area (Å²) in [4.78, 5) is 34.1. The number of hydrogen-bond donors (Lipinski definition) is 2. The molecular weight excluding hydrogens is 399 g/mol. The number of primary amides is 1. The van der Waals surface area contributed by atoms with Gasteiger partial charge in [-0.1, -0.05) is 30.3 Å². The number of likely N-dealkylation sites (tertiary alicyclic amines) is 1. The largest absolute Gasteiger partial charge is 0.484 e. The van der Waals surface area contributed by atoms with Crippen molar-refractivity contribution in [3.05, 3.63) is 71.9 Å². The molecule has 1 unspecified atom stereocenters. The number of halogens is 1. The Labute approximate surface area is 179 Å². The van der Waals surface area contributed by atoms with E-state index in [4.69, 9.17) is 10.5 Å². The summed E-state index contributed by atoms with van der Waals surface area (Å²) in [5.74, 6) is -0.0501. The molecular formula is C23H23FN4O3. The number of ether oxygens (including phenoxy) is 1. The number of benzene rings is 2. The van der Waals surface area contributed by atoms with Crippen molar-refractivity contribution in [3.63, 3.8) is 0 Å². The highest BCUT2D eigenvalue weighted by Gasteiger charge is 2.28. The maximum atomic E-state index is 13.0. The Kier molecular flexibility index (Phi) is 5.97. The smallest absolute Gasteiger partial charge is 0.267 e. The molecule has 1 aliphatic rings. The van der Waals surface area contributed by atoms with Crippen LogP contribution in [0.3, 0.4) is 0 Å². The van der Waals surface area contributed by atoms with Gasteiger partial charge in [0.2, 0.25) is 0 Å². The van der Waals surface area contributed by atoms with Crippen molar-refractivity contribution in [2.45, 2.75) is 18.8 Å². The predicted molar refractivity (Wildman–Crippen MR) is 113 cm³/mol. The van der Waals surface area contributed by atoms with Crippen molar-refractivity contribution >= 4 is 11.8 Å². The Morgan fingerprint density at radius 3 is 2.61 bits per heavy atom. The number of hydrogen-bond acceptors (Lipinski definition) is 4. The van der Waals surface area contributed by atoms with Crippen molar-refractivity contribution < 1.29 is 18.7 Å². The molecule has 0 spiro atoms. The van der Waals surface area contributed by atoms with Crippen LogP contribution in [0.2, 0.25) is 0 Å². The van der Waals surface area contributed by atoms with Crippen LogP contribution in [-0.4, -0.2) is 46.4 Å². The molecule has 0 bridgehead atoms. The van der Waals surface area contributed by atoms with Crippen molar-refractivity contribution in [2.75, 3.05) is 19.7 Å². The number of aromatic nitrogens is 2. The summed E-state index contributed by atoms with van der Waals surface area (Å²) < 4.78 is 18.5. The average molecular weight is 422 g/mol. The first-order valence-electron chi connectivity index (χ1n) is 10.1. The van der Waals surface area contributed by atoms with E-state index in [1.165, 1.54) is 24.3 Å². The van der Waals surface area contributed by atoms with Gasteiger partial charge >= 0.3 is 0 Å². The van der Waals surface area contributed by atoms with Crippen LogP contribution in [0.1, 0.15) is 35.1 Å². The van der Waals surface area contributed by atoms with Crippen LogP contribution in [0.5, 0.6) is 5.75 Å². The highest BCUT2D eigenvalue weighted by atomic mass is 19.1. The molecule has 31 heavy (non-hydrogen) atoms. The van der Waals surface area contributed by atoms with E-state index in [2.05, 4.69) is 9.97 Å². The van der Waals surface area contributed by atoms with Gasteiger partial charge in [-0.3, -0.25) is 9.59 Å².